The first-order valence-electron chi connectivity index (χ1n) is 17.6. The molecule has 44 heavy (non-hydrogen) atoms. The topological polar surface area (TPSA) is 83.8 Å². The van der Waals surface area contributed by atoms with Crippen LogP contribution in [0, 0.1) is 0 Å². The number of nitrogens with zero attached hydrogens (tertiary/aromatic N) is 1. The predicted octanol–water partition coefficient (Wildman–Crippen LogP) is 7.20. The summed E-state index contributed by atoms with van der Waals surface area (Å²) in [6.45, 7) is 8.26. The highest BCUT2D eigenvalue weighted by Gasteiger charge is 2.06. The molecule has 0 aliphatic heterocycles. The van der Waals surface area contributed by atoms with Crippen molar-refractivity contribution in [2.45, 2.75) is 109 Å². The van der Waals surface area contributed by atoms with E-state index in [1.54, 1.807) is 14.2 Å². The van der Waals surface area contributed by atoms with Crippen LogP contribution >= 0.6 is 0 Å². The second kappa shape index (κ2) is 27.2. The Hall–Kier alpha value is -2.16. The molecule has 0 aromatic heterocycles. The Morgan fingerprint density at radius 3 is 1.39 bits per heavy atom. The molecule has 0 amide bonds. The van der Waals surface area contributed by atoms with Crippen molar-refractivity contribution in [3.05, 3.63) is 59.7 Å². The van der Waals surface area contributed by atoms with Crippen LogP contribution in [-0.4, -0.2) is 58.5 Å². The van der Waals surface area contributed by atoms with E-state index in [9.17, 15) is 0 Å². The van der Waals surface area contributed by atoms with Crippen molar-refractivity contribution in [3.63, 3.8) is 0 Å². The Morgan fingerprint density at radius 2 is 0.886 bits per heavy atom. The summed E-state index contributed by atoms with van der Waals surface area (Å²) in [6, 6.07) is 16.4. The molecular formula is C37H65N5O2. The summed E-state index contributed by atoms with van der Waals surface area (Å²) >= 11 is 0. The maximum absolute atomic E-state index is 6.20. The first-order chi connectivity index (χ1) is 21.7. The van der Waals surface area contributed by atoms with Gasteiger partial charge in [0.25, 0.3) is 0 Å². The third kappa shape index (κ3) is 19.3. The molecule has 0 atom stereocenters. The van der Waals surface area contributed by atoms with Crippen LogP contribution in [0.25, 0.3) is 0 Å². The van der Waals surface area contributed by atoms with E-state index in [2.05, 4.69) is 34.1 Å². The molecule has 0 spiro atoms. The van der Waals surface area contributed by atoms with Crippen molar-refractivity contribution in [2.75, 3.05) is 53.5 Å². The first-order valence-corrected chi connectivity index (χ1v) is 17.6. The van der Waals surface area contributed by atoms with Crippen molar-refractivity contribution in [1.82, 2.24) is 21.0 Å². The molecule has 250 valence electrons. The summed E-state index contributed by atoms with van der Waals surface area (Å²) < 4.78 is 10.8. The molecule has 2 aromatic rings. The summed E-state index contributed by atoms with van der Waals surface area (Å²) in [5.74, 6) is 8.09. The van der Waals surface area contributed by atoms with Crippen LogP contribution in [0.1, 0.15) is 107 Å². The Morgan fingerprint density at radius 1 is 0.500 bits per heavy atom. The van der Waals surface area contributed by atoms with Gasteiger partial charge in [-0.05, 0) is 83.4 Å². The molecule has 0 fully saturated rings. The number of nitrogens with one attached hydrogen (secondary N) is 3. The van der Waals surface area contributed by atoms with Crippen LogP contribution < -0.4 is 31.3 Å². The Labute approximate surface area is 270 Å². The molecule has 7 heteroatoms. The zero-order chi connectivity index (χ0) is 31.3. The van der Waals surface area contributed by atoms with Crippen molar-refractivity contribution < 1.29 is 9.47 Å². The SMILES string of the molecule is COc1ccccc1CNCCCCCCNCCCCCCCCCNCCCCCCN(N)Cc1ccccc1OC. The Bertz CT molecular complexity index is 928. The van der Waals surface area contributed by atoms with E-state index in [0.29, 0.717) is 0 Å². The normalized spacial score (nSPS) is 11.4. The summed E-state index contributed by atoms with van der Waals surface area (Å²) in [5, 5.41) is 12.7. The van der Waals surface area contributed by atoms with Crippen molar-refractivity contribution in [2.24, 2.45) is 5.84 Å². The summed E-state index contributed by atoms with van der Waals surface area (Å²) in [6.07, 6.45) is 19.6. The van der Waals surface area contributed by atoms with E-state index in [1.165, 1.54) is 115 Å². The third-order valence-electron chi connectivity index (χ3n) is 8.29. The molecule has 0 heterocycles. The number of nitrogens with two attached hydrogens (primary N) is 1. The molecule has 2 rings (SSSR count). The number of para-hydroxylation sites is 2. The van der Waals surface area contributed by atoms with Gasteiger partial charge < -0.3 is 25.4 Å². The number of rotatable bonds is 30. The zero-order valence-electron chi connectivity index (χ0n) is 28.2. The second-order valence-corrected chi connectivity index (χ2v) is 12.1. The molecular weight excluding hydrogens is 546 g/mol. The van der Waals surface area contributed by atoms with Gasteiger partial charge in [-0.3, -0.25) is 5.84 Å². The van der Waals surface area contributed by atoms with E-state index < -0.39 is 0 Å². The van der Waals surface area contributed by atoms with Crippen molar-refractivity contribution in [3.8, 4) is 11.5 Å². The van der Waals surface area contributed by atoms with Crippen LogP contribution in [-0.2, 0) is 13.1 Å². The van der Waals surface area contributed by atoms with Gasteiger partial charge in [0.1, 0.15) is 11.5 Å². The van der Waals surface area contributed by atoms with Crippen LogP contribution in [0.2, 0.25) is 0 Å². The first kappa shape index (κ1) is 38.0. The van der Waals surface area contributed by atoms with E-state index in [-0.39, 0.29) is 0 Å². The van der Waals surface area contributed by atoms with Crippen LogP contribution in [0.5, 0.6) is 11.5 Å². The highest BCUT2D eigenvalue weighted by molar-refractivity contribution is 5.33. The van der Waals surface area contributed by atoms with Gasteiger partial charge in [0, 0.05) is 30.8 Å². The van der Waals surface area contributed by atoms with Gasteiger partial charge in [-0.1, -0.05) is 94.2 Å². The largest absolute Gasteiger partial charge is 0.496 e. The average molecular weight is 612 g/mol. The lowest BCUT2D eigenvalue weighted by Gasteiger charge is -2.18. The molecule has 0 unspecified atom stereocenters. The predicted molar refractivity (Wildman–Crippen MR) is 187 cm³/mol. The molecule has 7 nitrogen and oxygen atoms in total. The lowest BCUT2D eigenvalue weighted by Crippen LogP contribution is -2.31. The summed E-state index contributed by atoms with van der Waals surface area (Å²) in [4.78, 5) is 0. The third-order valence-corrected chi connectivity index (χ3v) is 8.29. The minimum Gasteiger partial charge on any atom is -0.496 e. The second-order valence-electron chi connectivity index (χ2n) is 12.1. The van der Waals surface area contributed by atoms with Crippen LogP contribution in [0.3, 0.4) is 0 Å². The van der Waals surface area contributed by atoms with Gasteiger partial charge in [0.2, 0.25) is 0 Å². The van der Waals surface area contributed by atoms with Crippen LogP contribution in [0.4, 0.5) is 0 Å². The zero-order valence-corrected chi connectivity index (χ0v) is 28.2. The number of hydrogen-bond acceptors (Lipinski definition) is 7. The van der Waals surface area contributed by atoms with Gasteiger partial charge in [0.05, 0.1) is 14.2 Å². The quantitative estimate of drug-likeness (QED) is 0.0422. The van der Waals surface area contributed by atoms with Crippen LogP contribution in [0.15, 0.2) is 48.5 Å². The van der Waals surface area contributed by atoms with Gasteiger partial charge in [-0.2, -0.15) is 0 Å². The lowest BCUT2D eigenvalue weighted by atomic mass is 10.1. The summed E-state index contributed by atoms with van der Waals surface area (Å²) in [7, 11) is 3.45. The number of hydrazine groups is 1. The number of methoxy groups -OCH3 is 2. The van der Waals surface area contributed by atoms with E-state index >= 15 is 0 Å². The van der Waals surface area contributed by atoms with Gasteiger partial charge in [-0.25, -0.2) is 5.01 Å². The smallest absolute Gasteiger partial charge is 0.123 e. The van der Waals surface area contributed by atoms with E-state index in [0.717, 1.165) is 56.2 Å². The maximum Gasteiger partial charge on any atom is 0.123 e. The fourth-order valence-corrected chi connectivity index (χ4v) is 5.61. The van der Waals surface area contributed by atoms with Crippen molar-refractivity contribution in [1.29, 1.82) is 0 Å². The number of benzene rings is 2. The minimum atomic E-state index is 0.732. The summed E-state index contributed by atoms with van der Waals surface area (Å²) in [5.41, 5.74) is 2.38. The molecule has 0 radical (unpaired) electrons. The van der Waals surface area contributed by atoms with Gasteiger partial charge in [0.15, 0.2) is 0 Å². The van der Waals surface area contributed by atoms with Gasteiger partial charge >= 0.3 is 0 Å². The highest BCUT2D eigenvalue weighted by atomic mass is 16.5. The molecule has 0 aliphatic rings. The molecule has 2 aromatic carbocycles. The average Bonchev–Trinajstić information content (AvgIpc) is 3.05. The fraction of sp³-hybridized carbons (Fsp3) is 0.676. The Kier molecular flexibility index (Phi) is 23.5. The Balaban J connectivity index is 1.22. The van der Waals surface area contributed by atoms with Gasteiger partial charge in [-0.15, -0.1) is 0 Å². The molecule has 0 aliphatic carbocycles. The van der Waals surface area contributed by atoms with E-state index in [1.807, 2.05) is 35.3 Å². The highest BCUT2D eigenvalue weighted by Crippen LogP contribution is 2.19. The number of unbranched alkanes of at least 4 members (excludes halogenated alkanes) is 12. The molecule has 0 saturated carbocycles. The van der Waals surface area contributed by atoms with Crippen molar-refractivity contribution >= 4 is 0 Å². The standard InChI is InChI=1S/C37H65N5O2/c1-43-36-24-14-12-22-34(36)32-41-30-20-9-8-18-28-39-26-16-6-4-3-5-7-17-27-40-29-19-10-11-21-31-42(38)33-35-23-13-15-25-37(35)44-2/h12-15,22-25,39-41H,3-11,16-21,26-33,38H2,1-2H3. The number of hydrogen-bond donors (Lipinski definition) is 4. The molecule has 0 bridgehead atoms. The molecule has 0 saturated heterocycles. The lowest BCUT2D eigenvalue weighted by molar-refractivity contribution is 0.262. The minimum absolute atomic E-state index is 0.732. The number of ether oxygens (including phenoxy) is 2. The van der Waals surface area contributed by atoms with E-state index in [4.69, 9.17) is 15.3 Å². The molecule has 5 N–H and O–H groups in total. The monoisotopic (exact) mass is 612 g/mol. The fourth-order valence-electron chi connectivity index (χ4n) is 5.61. The maximum atomic E-state index is 6.20.